The highest BCUT2D eigenvalue weighted by atomic mass is 35.5. The van der Waals surface area contributed by atoms with Crippen LogP contribution in [0.5, 0.6) is 0 Å². The largest absolute Gasteiger partial charge is 0.477 e. The fraction of sp³-hybridized carbons (Fsp3) is 0.250. The molecule has 1 N–H and O–H groups in total. The number of carboxylic acids is 1. The van der Waals surface area contributed by atoms with Crippen molar-refractivity contribution < 1.29 is 14.3 Å². The number of carbonyl (C=O) groups is 1. The molecule has 3 heterocycles. The third-order valence-electron chi connectivity index (χ3n) is 3.16. The predicted molar refractivity (Wildman–Crippen MR) is 74.3 cm³/mol. The molecule has 0 spiro atoms. The van der Waals surface area contributed by atoms with Gasteiger partial charge in [-0.2, -0.15) is 11.8 Å². The highest BCUT2D eigenvalue weighted by Crippen LogP contribution is 2.31. The van der Waals surface area contributed by atoms with Crippen LogP contribution in [-0.4, -0.2) is 32.1 Å². The zero-order chi connectivity index (χ0) is 14.4. The molecule has 104 valence electrons. The van der Waals surface area contributed by atoms with Crippen molar-refractivity contribution in [1.29, 1.82) is 0 Å². The number of thioether (sulfide) groups is 1. The van der Waals surface area contributed by atoms with Gasteiger partial charge in [0, 0.05) is 17.7 Å². The van der Waals surface area contributed by atoms with E-state index in [2.05, 4.69) is 4.98 Å². The van der Waals surface area contributed by atoms with Gasteiger partial charge in [0.2, 0.25) is 5.43 Å². The second-order valence-electron chi connectivity index (χ2n) is 4.41. The third kappa shape index (κ3) is 1.97. The van der Waals surface area contributed by atoms with Gasteiger partial charge in [0.15, 0.2) is 11.0 Å². The summed E-state index contributed by atoms with van der Waals surface area (Å²) in [4.78, 5) is 27.1. The minimum absolute atomic E-state index is 0.0372. The number of aromatic carboxylic acids is 1. The predicted octanol–water partition coefficient (Wildman–Crippen LogP) is 2.18. The highest BCUT2D eigenvalue weighted by Gasteiger charge is 2.25. The topological polar surface area (TPSA) is 72.2 Å². The number of nitrogens with zero attached hydrogens (tertiary/aromatic N) is 2. The smallest absolute Gasteiger partial charge is 0.341 e. The van der Waals surface area contributed by atoms with Crippen LogP contribution in [0.1, 0.15) is 16.4 Å². The number of fused-ring (bicyclic) bond motifs is 1. The number of aromatic nitrogens is 2. The fourth-order valence-corrected chi connectivity index (χ4v) is 2.94. The summed E-state index contributed by atoms with van der Waals surface area (Å²) in [6.07, 6.45) is 1.26. The molecule has 0 atom stereocenters. The van der Waals surface area contributed by atoms with E-state index in [-0.39, 0.29) is 22.2 Å². The van der Waals surface area contributed by atoms with Crippen molar-refractivity contribution >= 4 is 40.4 Å². The molecule has 1 saturated heterocycles. The Balaban J connectivity index is 2.41. The second kappa shape index (κ2) is 4.75. The molecular weight excluding hydrogens is 307 g/mol. The molecular formula is C12H8ClFN2O3S. The summed E-state index contributed by atoms with van der Waals surface area (Å²) < 4.78 is 15.1. The molecule has 0 saturated carbocycles. The lowest BCUT2D eigenvalue weighted by Gasteiger charge is -2.29. The Bertz CT molecular complexity index is 788. The average Bonchev–Trinajstić information content (AvgIpc) is 2.32. The van der Waals surface area contributed by atoms with Gasteiger partial charge >= 0.3 is 5.97 Å². The van der Waals surface area contributed by atoms with Crippen LogP contribution in [-0.2, 0) is 0 Å². The van der Waals surface area contributed by atoms with Crippen LogP contribution >= 0.6 is 23.4 Å². The van der Waals surface area contributed by atoms with Gasteiger partial charge in [-0.05, 0) is 6.07 Å². The van der Waals surface area contributed by atoms with Crippen LogP contribution < -0.4 is 5.43 Å². The van der Waals surface area contributed by atoms with Crippen LogP contribution in [0.2, 0.25) is 5.15 Å². The molecule has 20 heavy (non-hydrogen) atoms. The molecule has 0 aromatic carbocycles. The first kappa shape index (κ1) is 13.4. The minimum atomic E-state index is -1.34. The molecule has 5 nitrogen and oxygen atoms in total. The second-order valence-corrected chi connectivity index (χ2v) is 5.84. The third-order valence-corrected chi connectivity index (χ3v) is 4.67. The van der Waals surface area contributed by atoms with Crippen molar-refractivity contribution in [3.63, 3.8) is 0 Å². The van der Waals surface area contributed by atoms with Gasteiger partial charge in [0.1, 0.15) is 11.2 Å². The van der Waals surface area contributed by atoms with E-state index in [9.17, 15) is 14.0 Å². The van der Waals surface area contributed by atoms with Crippen LogP contribution in [0.15, 0.2) is 17.1 Å². The first-order chi connectivity index (χ1) is 9.49. The van der Waals surface area contributed by atoms with Crippen LogP contribution in [0, 0.1) is 5.82 Å². The summed E-state index contributed by atoms with van der Waals surface area (Å²) >= 11 is 7.35. The summed E-state index contributed by atoms with van der Waals surface area (Å²) in [6, 6.07) is 0.983. The summed E-state index contributed by atoms with van der Waals surface area (Å²) in [5.74, 6) is -0.608. The molecule has 0 aliphatic carbocycles. The lowest BCUT2D eigenvalue weighted by Crippen LogP contribution is -2.28. The van der Waals surface area contributed by atoms with Gasteiger partial charge in [-0.25, -0.2) is 14.2 Å². The van der Waals surface area contributed by atoms with Crippen molar-refractivity contribution in [2.24, 2.45) is 0 Å². The number of halogens is 2. The van der Waals surface area contributed by atoms with E-state index in [0.29, 0.717) is 0 Å². The number of hydrogen-bond acceptors (Lipinski definition) is 4. The summed E-state index contributed by atoms with van der Waals surface area (Å²) in [5, 5.41) is 8.69. The standard InChI is InChI=1S/C12H8ClFN2O3S/c13-10-8(14)1-6-9(17)7(12(18)19)2-16(11(6)15-10)5-3-20-4-5/h1-2,5H,3-4H2,(H,18,19). The molecule has 1 aliphatic rings. The molecule has 3 rings (SSSR count). The Morgan fingerprint density at radius 1 is 1.55 bits per heavy atom. The van der Waals surface area contributed by atoms with Gasteiger partial charge in [-0.3, -0.25) is 4.79 Å². The molecule has 0 unspecified atom stereocenters. The van der Waals surface area contributed by atoms with Crippen molar-refractivity contribution in [3.8, 4) is 0 Å². The van der Waals surface area contributed by atoms with E-state index in [0.717, 1.165) is 17.6 Å². The van der Waals surface area contributed by atoms with E-state index < -0.39 is 22.8 Å². The molecule has 0 radical (unpaired) electrons. The van der Waals surface area contributed by atoms with Crippen LogP contribution in [0.3, 0.4) is 0 Å². The molecule has 1 aliphatic heterocycles. The van der Waals surface area contributed by atoms with Crippen molar-refractivity contribution in [3.05, 3.63) is 39.0 Å². The lowest BCUT2D eigenvalue weighted by atomic mass is 10.1. The van der Waals surface area contributed by atoms with Crippen molar-refractivity contribution in [1.82, 2.24) is 9.55 Å². The Labute approximate surface area is 121 Å². The Hall–Kier alpha value is -1.60. The van der Waals surface area contributed by atoms with Gasteiger partial charge < -0.3 is 9.67 Å². The lowest BCUT2D eigenvalue weighted by molar-refractivity contribution is 0.0694. The maximum Gasteiger partial charge on any atom is 0.341 e. The van der Waals surface area contributed by atoms with Gasteiger partial charge in [-0.15, -0.1) is 0 Å². The SMILES string of the molecule is O=C(O)c1cn(C2CSC2)c2nc(Cl)c(F)cc2c1=O. The summed E-state index contributed by atoms with van der Waals surface area (Å²) in [7, 11) is 0. The maximum absolute atomic E-state index is 13.5. The number of carboxylic acid groups (broad SMARTS) is 1. The summed E-state index contributed by atoms with van der Waals surface area (Å²) in [6.45, 7) is 0. The summed E-state index contributed by atoms with van der Waals surface area (Å²) in [5.41, 5.74) is -0.923. The van der Waals surface area contributed by atoms with Crippen LogP contribution in [0.4, 0.5) is 4.39 Å². The normalized spacial score (nSPS) is 15.3. The molecule has 1 fully saturated rings. The zero-order valence-electron chi connectivity index (χ0n) is 9.97. The highest BCUT2D eigenvalue weighted by molar-refractivity contribution is 8.00. The fourth-order valence-electron chi connectivity index (χ4n) is 2.04. The van der Waals surface area contributed by atoms with Gasteiger partial charge in [0.05, 0.1) is 11.4 Å². The molecule has 2 aromatic rings. The van der Waals surface area contributed by atoms with E-state index in [4.69, 9.17) is 16.7 Å². The van der Waals surface area contributed by atoms with Crippen molar-refractivity contribution in [2.75, 3.05) is 11.5 Å². The average molecular weight is 315 g/mol. The Kier molecular flexibility index (Phi) is 3.18. The molecule has 0 amide bonds. The first-order valence-electron chi connectivity index (χ1n) is 5.71. The number of rotatable bonds is 2. The quantitative estimate of drug-likeness (QED) is 0.860. The van der Waals surface area contributed by atoms with E-state index >= 15 is 0 Å². The van der Waals surface area contributed by atoms with Crippen LogP contribution in [0.25, 0.3) is 11.0 Å². The minimum Gasteiger partial charge on any atom is -0.477 e. The zero-order valence-corrected chi connectivity index (χ0v) is 11.5. The monoisotopic (exact) mass is 314 g/mol. The Morgan fingerprint density at radius 3 is 2.80 bits per heavy atom. The van der Waals surface area contributed by atoms with Gasteiger partial charge in [-0.1, -0.05) is 11.6 Å². The molecule has 0 bridgehead atoms. The number of hydrogen-bond donors (Lipinski definition) is 1. The van der Waals surface area contributed by atoms with E-state index in [1.54, 1.807) is 16.3 Å². The number of pyridine rings is 2. The first-order valence-corrected chi connectivity index (χ1v) is 7.24. The Morgan fingerprint density at radius 2 is 2.25 bits per heavy atom. The molecule has 8 heteroatoms. The molecule has 2 aromatic heterocycles. The van der Waals surface area contributed by atoms with Crippen molar-refractivity contribution in [2.45, 2.75) is 6.04 Å². The van der Waals surface area contributed by atoms with E-state index in [1.807, 2.05) is 0 Å². The maximum atomic E-state index is 13.5. The van der Waals surface area contributed by atoms with Gasteiger partial charge in [0.25, 0.3) is 0 Å². The van der Waals surface area contributed by atoms with E-state index in [1.165, 1.54) is 6.20 Å².